The van der Waals surface area contributed by atoms with E-state index in [1.54, 1.807) is 12.1 Å². The zero-order chi connectivity index (χ0) is 11.8. The van der Waals surface area contributed by atoms with Gasteiger partial charge in [-0.25, -0.2) is 13.6 Å². The third kappa shape index (κ3) is 1.93. The van der Waals surface area contributed by atoms with Crippen LogP contribution in [0.2, 0.25) is 0 Å². The van der Waals surface area contributed by atoms with E-state index >= 15 is 0 Å². The summed E-state index contributed by atoms with van der Waals surface area (Å²) in [5.41, 5.74) is 0.288. The summed E-state index contributed by atoms with van der Waals surface area (Å²) in [6.45, 7) is 0. The molecule has 0 saturated carbocycles. The Morgan fingerprint density at radius 3 is 2.56 bits per heavy atom. The highest BCUT2D eigenvalue weighted by Gasteiger charge is 2.13. The first kappa shape index (κ1) is 10.7. The maximum absolute atomic E-state index is 11.1. The highest BCUT2D eigenvalue weighted by molar-refractivity contribution is 7.89. The zero-order valence-electron chi connectivity index (χ0n) is 8.12. The summed E-state index contributed by atoms with van der Waals surface area (Å²) < 4.78 is 27.3. The van der Waals surface area contributed by atoms with E-state index in [9.17, 15) is 13.5 Å². The smallest absolute Gasteiger partial charge is 0.238 e. The van der Waals surface area contributed by atoms with Crippen LogP contribution in [0.25, 0.3) is 11.3 Å². The minimum Gasteiger partial charge on any atom is -0.507 e. The van der Waals surface area contributed by atoms with Crippen LogP contribution in [-0.2, 0) is 10.0 Å². The van der Waals surface area contributed by atoms with Crippen LogP contribution in [0.3, 0.4) is 0 Å². The molecular weight excluding hydrogens is 230 g/mol. The fourth-order valence-corrected chi connectivity index (χ4v) is 1.86. The molecule has 1 aromatic heterocycles. The summed E-state index contributed by atoms with van der Waals surface area (Å²) in [6.07, 6.45) is 1.43. The van der Waals surface area contributed by atoms with Gasteiger partial charge in [0.25, 0.3) is 0 Å². The molecule has 3 N–H and O–H groups in total. The van der Waals surface area contributed by atoms with Crippen LogP contribution in [0.4, 0.5) is 0 Å². The molecule has 2 aromatic rings. The van der Waals surface area contributed by atoms with Gasteiger partial charge < -0.3 is 9.52 Å². The number of aromatic hydroxyl groups is 1. The molecule has 0 aliphatic rings. The SMILES string of the molecule is NS(=O)(=O)c1ccc(O)c(-c2ccco2)c1. The molecule has 5 nitrogen and oxygen atoms in total. The molecule has 0 aliphatic carbocycles. The van der Waals surface area contributed by atoms with Crippen LogP contribution >= 0.6 is 0 Å². The number of nitrogens with two attached hydrogens (primary N) is 1. The van der Waals surface area contributed by atoms with Crippen LogP contribution in [0.1, 0.15) is 0 Å². The lowest BCUT2D eigenvalue weighted by molar-refractivity contribution is 0.473. The normalized spacial score (nSPS) is 11.6. The minimum atomic E-state index is -3.79. The maximum Gasteiger partial charge on any atom is 0.238 e. The molecule has 0 atom stereocenters. The van der Waals surface area contributed by atoms with E-state index in [4.69, 9.17) is 9.56 Å². The van der Waals surface area contributed by atoms with E-state index in [0.29, 0.717) is 5.76 Å². The van der Waals surface area contributed by atoms with E-state index in [1.165, 1.54) is 24.5 Å². The lowest BCUT2D eigenvalue weighted by Gasteiger charge is -2.03. The molecule has 0 bridgehead atoms. The van der Waals surface area contributed by atoms with Gasteiger partial charge in [-0.2, -0.15) is 0 Å². The van der Waals surface area contributed by atoms with Crippen molar-refractivity contribution in [3.63, 3.8) is 0 Å². The number of rotatable bonds is 2. The fourth-order valence-electron chi connectivity index (χ4n) is 1.32. The highest BCUT2D eigenvalue weighted by atomic mass is 32.2. The number of phenolic OH excluding ortho intramolecular Hbond substituents is 1. The van der Waals surface area contributed by atoms with Crippen molar-refractivity contribution in [2.24, 2.45) is 5.14 Å². The van der Waals surface area contributed by atoms with Gasteiger partial charge in [-0.05, 0) is 30.3 Å². The molecule has 0 fully saturated rings. The molecular formula is C10H9NO4S. The van der Waals surface area contributed by atoms with Gasteiger partial charge in [0, 0.05) is 0 Å². The number of benzene rings is 1. The molecule has 0 spiro atoms. The summed E-state index contributed by atoms with van der Waals surface area (Å²) in [5.74, 6) is 0.311. The summed E-state index contributed by atoms with van der Waals surface area (Å²) >= 11 is 0. The standard InChI is InChI=1S/C10H9NO4S/c11-16(13,14)7-3-4-9(12)8(6-7)10-2-1-5-15-10/h1-6,12H,(H2,11,13,14). The third-order valence-corrected chi connectivity index (χ3v) is 2.99. The van der Waals surface area contributed by atoms with Crippen molar-refractivity contribution in [1.82, 2.24) is 0 Å². The Labute approximate surface area is 92.2 Å². The highest BCUT2D eigenvalue weighted by Crippen LogP contribution is 2.31. The molecule has 0 saturated heterocycles. The Kier molecular flexibility index (Phi) is 2.45. The van der Waals surface area contributed by atoms with Gasteiger partial charge in [0.05, 0.1) is 16.7 Å². The number of hydrogen-bond acceptors (Lipinski definition) is 4. The van der Waals surface area contributed by atoms with Gasteiger partial charge in [-0.3, -0.25) is 0 Å². The molecule has 6 heteroatoms. The number of sulfonamides is 1. The van der Waals surface area contributed by atoms with Crippen LogP contribution < -0.4 is 5.14 Å². The topological polar surface area (TPSA) is 93.5 Å². The van der Waals surface area contributed by atoms with Crippen LogP contribution in [-0.4, -0.2) is 13.5 Å². The third-order valence-electron chi connectivity index (χ3n) is 2.08. The van der Waals surface area contributed by atoms with Crippen molar-refractivity contribution < 1.29 is 17.9 Å². The monoisotopic (exact) mass is 239 g/mol. The zero-order valence-corrected chi connectivity index (χ0v) is 8.94. The number of phenols is 1. The quantitative estimate of drug-likeness (QED) is 0.825. The Hall–Kier alpha value is -1.79. The molecule has 0 unspecified atom stereocenters. The number of hydrogen-bond donors (Lipinski definition) is 2. The van der Waals surface area contributed by atoms with Gasteiger partial charge in [0.2, 0.25) is 10.0 Å². The summed E-state index contributed by atoms with van der Waals surface area (Å²) in [7, 11) is -3.79. The Morgan fingerprint density at radius 1 is 1.25 bits per heavy atom. The molecule has 2 rings (SSSR count). The van der Waals surface area contributed by atoms with Crippen LogP contribution in [0, 0.1) is 0 Å². The first-order valence-electron chi connectivity index (χ1n) is 4.38. The van der Waals surface area contributed by atoms with Gasteiger partial charge in [0.1, 0.15) is 11.5 Å². The van der Waals surface area contributed by atoms with E-state index in [-0.39, 0.29) is 16.2 Å². The van der Waals surface area contributed by atoms with Crippen molar-refractivity contribution in [3.8, 4) is 17.1 Å². The average Bonchev–Trinajstić information content (AvgIpc) is 2.69. The lowest BCUT2D eigenvalue weighted by Crippen LogP contribution is -2.11. The van der Waals surface area contributed by atoms with Gasteiger partial charge in [-0.1, -0.05) is 0 Å². The molecule has 0 aliphatic heterocycles. The molecule has 0 radical (unpaired) electrons. The van der Waals surface area contributed by atoms with Crippen molar-refractivity contribution in [2.75, 3.05) is 0 Å². The van der Waals surface area contributed by atoms with E-state index < -0.39 is 10.0 Å². The van der Waals surface area contributed by atoms with E-state index in [1.807, 2.05) is 0 Å². The van der Waals surface area contributed by atoms with Crippen molar-refractivity contribution in [3.05, 3.63) is 36.6 Å². The molecule has 16 heavy (non-hydrogen) atoms. The summed E-state index contributed by atoms with van der Waals surface area (Å²) in [4.78, 5) is -0.0725. The van der Waals surface area contributed by atoms with Gasteiger partial charge in [0.15, 0.2) is 0 Å². The Morgan fingerprint density at radius 2 is 2.00 bits per heavy atom. The predicted octanol–water partition coefficient (Wildman–Crippen LogP) is 1.30. The second kappa shape index (κ2) is 3.66. The Bertz CT molecular complexity index is 602. The van der Waals surface area contributed by atoms with Gasteiger partial charge >= 0.3 is 0 Å². The average molecular weight is 239 g/mol. The molecule has 0 amide bonds. The predicted molar refractivity (Wildman–Crippen MR) is 57.2 cm³/mol. The second-order valence-corrected chi connectivity index (χ2v) is 4.76. The molecule has 1 aromatic carbocycles. The van der Waals surface area contributed by atoms with E-state index in [2.05, 4.69) is 0 Å². The van der Waals surface area contributed by atoms with Gasteiger partial charge in [-0.15, -0.1) is 0 Å². The largest absolute Gasteiger partial charge is 0.507 e. The first-order valence-corrected chi connectivity index (χ1v) is 5.93. The first-order chi connectivity index (χ1) is 7.48. The van der Waals surface area contributed by atoms with Crippen molar-refractivity contribution in [2.45, 2.75) is 4.90 Å². The molecule has 1 heterocycles. The summed E-state index contributed by atoms with van der Waals surface area (Å²) in [6, 6.07) is 7.01. The van der Waals surface area contributed by atoms with E-state index in [0.717, 1.165) is 0 Å². The van der Waals surface area contributed by atoms with Crippen molar-refractivity contribution >= 4 is 10.0 Å². The summed E-state index contributed by atoms with van der Waals surface area (Å²) in [5, 5.41) is 14.6. The fraction of sp³-hybridized carbons (Fsp3) is 0. The van der Waals surface area contributed by atoms with Crippen molar-refractivity contribution in [1.29, 1.82) is 0 Å². The van der Waals surface area contributed by atoms with Crippen LogP contribution in [0.5, 0.6) is 5.75 Å². The molecule has 84 valence electrons. The number of furan rings is 1. The minimum absolute atomic E-state index is 0.0673. The Balaban J connectivity index is 2.63. The second-order valence-electron chi connectivity index (χ2n) is 3.20. The number of primary sulfonamides is 1. The maximum atomic E-state index is 11.1. The lowest BCUT2D eigenvalue weighted by atomic mass is 10.1. The van der Waals surface area contributed by atoms with Crippen LogP contribution in [0.15, 0.2) is 45.9 Å².